The molecular formula is C18H28O2. The van der Waals surface area contributed by atoms with Crippen LogP contribution in [0.4, 0.5) is 0 Å². The molecule has 3 unspecified atom stereocenters. The molecule has 0 aliphatic heterocycles. The fourth-order valence-electron chi connectivity index (χ4n) is 3.37. The molecule has 20 heavy (non-hydrogen) atoms. The van der Waals surface area contributed by atoms with Gasteiger partial charge in [-0.05, 0) is 38.2 Å². The maximum Gasteiger partial charge on any atom is 0.102 e. The van der Waals surface area contributed by atoms with E-state index in [0.29, 0.717) is 18.6 Å². The minimum Gasteiger partial charge on any atom is -0.386 e. The summed E-state index contributed by atoms with van der Waals surface area (Å²) >= 11 is 0. The van der Waals surface area contributed by atoms with E-state index in [9.17, 15) is 5.11 Å². The molecule has 2 heteroatoms. The van der Waals surface area contributed by atoms with Gasteiger partial charge in [0.15, 0.2) is 0 Å². The lowest BCUT2D eigenvalue weighted by Crippen LogP contribution is -2.29. The van der Waals surface area contributed by atoms with Crippen LogP contribution in [-0.4, -0.2) is 17.8 Å². The van der Waals surface area contributed by atoms with Gasteiger partial charge >= 0.3 is 0 Å². The predicted molar refractivity (Wildman–Crippen MR) is 82.9 cm³/mol. The van der Waals surface area contributed by atoms with E-state index in [1.54, 1.807) is 0 Å². The zero-order valence-corrected chi connectivity index (χ0v) is 13.1. The zero-order chi connectivity index (χ0) is 14.5. The van der Waals surface area contributed by atoms with Crippen molar-refractivity contribution in [1.82, 2.24) is 0 Å². The van der Waals surface area contributed by atoms with Gasteiger partial charge in [-0.3, -0.25) is 0 Å². The molecule has 1 fully saturated rings. The van der Waals surface area contributed by atoms with Crippen LogP contribution in [0, 0.1) is 19.8 Å². The molecule has 1 N–H and O–H groups in total. The number of aliphatic hydroxyl groups excluding tert-OH is 1. The first-order chi connectivity index (χ1) is 9.60. The molecule has 0 spiro atoms. The molecule has 0 saturated heterocycles. The Morgan fingerprint density at radius 3 is 2.45 bits per heavy atom. The Labute approximate surface area is 123 Å². The van der Waals surface area contributed by atoms with Gasteiger partial charge in [-0.25, -0.2) is 0 Å². The van der Waals surface area contributed by atoms with Crippen molar-refractivity contribution in [2.45, 2.75) is 65.1 Å². The van der Waals surface area contributed by atoms with Gasteiger partial charge in [0.1, 0.15) is 6.10 Å². The van der Waals surface area contributed by atoms with E-state index in [2.05, 4.69) is 39.0 Å². The summed E-state index contributed by atoms with van der Waals surface area (Å²) in [5.74, 6) is 0.676. The average Bonchev–Trinajstić information content (AvgIpc) is 2.44. The van der Waals surface area contributed by atoms with Crippen LogP contribution in [0.2, 0.25) is 0 Å². The Bertz CT molecular complexity index is 407. The van der Waals surface area contributed by atoms with Gasteiger partial charge in [-0.1, -0.05) is 55.5 Å². The second-order valence-corrected chi connectivity index (χ2v) is 6.26. The topological polar surface area (TPSA) is 29.5 Å². The number of aryl methyl sites for hydroxylation is 2. The highest BCUT2D eigenvalue weighted by Crippen LogP contribution is 2.30. The number of benzene rings is 1. The average molecular weight is 276 g/mol. The number of rotatable bonds is 5. The summed E-state index contributed by atoms with van der Waals surface area (Å²) in [5, 5.41) is 10.3. The van der Waals surface area contributed by atoms with Gasteiger partial charge in [-0.2, -0.15) is 0 Å². The fourth-order valence-corrected chi connectivity index (χ4v) is 3.37. The summed E-state index contributed by atoms with van der Waals surface area (Å²) in [6.07, 6.45) is 6.05. The van der Waals surface area contributed by atoms with Crippen molar-refractivity contribution in [2.24, 2.45) is 5.92 Å². The molecule has 0 aromatic heterocycles. The first-order valence-electron chi connectivity index (χ1n) is 7.98. The highest BCUT2D eigenvalue weighted by molar-refractivity contribution is 5.29. The minimum absolute atomic E-state index is 0.342. The molecular weight excluding hydrogens is 248 g/mol. The summed E-state index contributed by atoms with van der Waals surface area (Å²) in [5.41, 5.74) is 3.37. The number of hydrogen-bond acceptors (Lipinski definition) is 2. The monoisotopic (exact) mass is 276 g/mol. The predicted octanol–water partition coefficient (Wildman–Crippen LogP) is 4.32. The van der Waals surface area contributed by atoms with Crippen molar-refractivity contribution in [3.63, 3.8) is 0 Å². The van der Waals surface area contributed by atoms with E-state index in [-0.39, 0.29) is 0 Å². The van der Waals surface area contributed by atoms with Crippen LogP contribution in [0.3, 0.4) is 0 Å². The Hall–Kier alpha value is -0.860. The third-order valence-electron chi connectivity index (χ3n) is 4.46. The van der Waals surface area contributed by atoms with Crippen LogP contribution in [0.25, 0.3) is 0 Å². The highest BCUT2D eigenvalue weighted by Gasteiger charge is 2.25. The van der Waals surface area contributed by atoms with Crippen LogP contribution >= 0.6 is 0 Å². The number of aliphatic hydroxyl groups is 1. The fraction of sp³-hybridized carbons (Fsp3) is 0.667. The van der Waals surface area contributed by atoms with Crippen LogP contribution in [0.5, 0.6) is 0 Å². The minimum atomic E-state index is -0.506. The first-order valence-corrected chi connectivity index (χ1v) is 7.98. The van der Waals surface area contributed by atoms with Gasteiger partial charge in [0.05, 0.1) is 12.7 Å². The van der Waals surface area contributed by atoms with E-state index in [4.69, 9.17) is 4.74 Å². The molecule has 1 aliphatic carbocycles. The van der Waals surface area contributed by atoms with Crippen LogP contribution in [0.1, 0.15) is 61.8 Å². The van der Waals surface area contributed by atoms with Crippen LogP contribution in [0.15, 0.2) is 18.2 Å². The van der Waals surface area contributed by atoms with Crippen LogP contribution in [-0.2, 0) is 4.74 Å². The summed E-state index contributed by atoms with van der Waals surface area (Å²) in [6.45, 7) is 6.80. The Balaban J connectivity index is 1.92. The van der Waals surface area contributed by atoms with Crippen molar-refractivity contribution in [3.8, 4) is 0 Å². The van der Waals surface area contributed by atoms with Crippen LogP contribution < -0.4 is 0 Å². The summed E-state index contributed by atoms with van der Waals surface area (Å²) < 4.78 is 6.03. The molecule has 0 heterocycles. The van der Waals surface area contributed by atoms with E-state index < -0.39 is 6.10 Å². The van der Waals surface area contributed by atoms with Crippen molar-refractivity contribution < 1.29 is 9.84 Å². The Kier molecular flexibility index (Phi) is 5.62. The summed E-state index contributed by atoms with van der Waals surface area (Å²) in [7, 11) is 0. The molecule has 1 aliphatic rings. The lowest BCUT2D eigenvalue weighted by atomic mass is 9.85. The smallest absolute Gasteiger partial charge is 0.102 e. The highest BCUT2D eigenvalue weighted by atomic mass is 16.5. The van der Waals surface area contributed by atoms with Crippen molar-refractivity contribution in [2.75, 3.05) is 6.61 Å². The quantitative estimate of drug-likeness (QED) is 0.867. The van der Waals surface area contributed by atoms with Crippen molar-refractivity contribution in [1.29, 1.82) is 0 Å². The normalized spacial score (nSPS) is 24.6. The van der Waals surface area contributed by atoms with Crippen molar-refractivity contribution >= 4 is 0 Å². The summed E-state index contributed by atoms with van der Waals surface area (Å²) in [4.78, 5) is 0. The second kappa shape index (κ2) is 7.24. The largest absolute Gasteiger partial charge is 0.386 e. The SMILES string of the molecule is CCC1CCCCC1OCC(O)c1cc(C)cc(C)c1. The van der Waals surface area contributed by atoms with E-state index in [0.717, 1.165) is 12.0 Å². The van der Waals surface area contributed by atoms with E-state index in [1.807, 2.05) is 0 Å². The maximum atomic E-state index is 10.3. The third-order valence-corrected chi connectivity index (χ3v) is 4.46. The van der Waals surface area contributed by atoms with Gasteiger partial charge < -0.3 is 9.84 Å². The molecule has 2 nitrogen and oxygen atoms in total. The number of ether oxygens (including phenoxy) is 1. The number of hydrogen-bond donors (Lipinski definition) is 1. The standard InChI is InChI=1S/C18H28O2/c1-4-15-7-5-6-8-18(15)20-12-17(19)16-10-13(2)9-14(3)11-16/h9-11,15,17-19H,4-8,12H2,1-3H3. The van der Waals surface area contributed by atoms with Gasteiger partial charge in [0.25, 0.3) is 0 Å². The third kappa shape index (κ3) is 4.07. The molecule has 1 aromatic rings. The molecule has 0 bridgehead atoms. The molecule has 0 radical (unpaired) electrons. The lowest BCUT2D eigenvalue weighted by Gasteiger charge is -2.31. The molecule has 1 aromatic carbocycles. The van der Waals surface area contributed by atoms with Crippen molar-refractivity contribution in [3.05, 3.63) is 34.9 Å². The maximum absolute atomic E-state index is 10.3. The van der Waals surface area contributed by atoms with E-state index >= 15 is 0 Å². The molecule has 2 rings (SSSR count). The zero-order valence-electron chi connectivity index (χ0n) is 13.1. The molecule has 1 saturated carbocycles. The summed E-state index contributed by atoms with van der Waals surface area (Å²) in [6, 6.07) is 6.24. The molecule has 3 atom stereocenters. The van der Waals surface area contributed by atoms with Gasteiger partial charge in [0, 0.05) is 0 Å². The van der Waals surface area contributed by atoms with Gasteiger partial charge in [0.2, 0.25) is 0 Å². The lowest BCUT2D eigenvalue weighted by molar-refractivity contribution is -0.0515. The first kappa shape index (κ1) is 15.5. The van der Waals surface area contributed by atoms with Gasteiger partial charge in [-0.15, -0.1) is 0 Å². The Morgan fingerprint density at radius 2 is 1.80 bits per heavy atom. The molecule has 112 valence electrons. The molecule has 0 amide bonds. The Morgan fingerprint density at radius 1 is 1.15 bits per heavy atom. The van der Waals surface area contributed by atoms with E-state index in [1.165, 1.54) is 36.8 Å². The second-order valence-electron chi connectivity index (χ2n) is 6.26.